The van der Waals surface area contributed by atoms with Crippen molar-refractivity contribution in [2.75, 3.05) is 44.7 Å². The smallest absolute Gasteiger partial charge is 0.228 e. The van der Waals surface area contributed by atoms with Crippen LogP contribution in [0.5, 0.6) is 0 Å². The van der Waals surface area contributed by atoms with E-state index in [4.69, 9.17) is 0 Å². The summed E-state index contributed by atoms with van der Waals surface area (Å²) in [6.45, 7) is 4.18. The van der Waals surface area contributed by atoms with Gasteiger partial charge in [0.2, 0.25) is 11.8 Å². The standard InChI is InChI=1S/C14H20N4O2S/c1-16-5-7-17(8-6-16)13(20)9-11-10-21-14(15-11)18-4-2-3-12(18)19/h10H,2-9H2,1H3. The molecule has 0 atom stereocenters. The number of amides is 2. The largest absolute Gasteiger partial charge is 0.340 e. The Morgan fingerprint density at radius 2 is 2.05 bits per heavy atom. The first-order chi connectivity index (χ1) is 10.1. The zero-order valence-corrected chi connectivity index (χ0v) is 13.1. The number of nitrogens with zero attached hydrogens (tertiary/aromatic N) is 4. The van der Waals surface area contributed by atoms with Crippen LogP contribution in [0.2, 0.25) is 0 Å². The number of rotatable bonds is 3. The summed E-state index contributed by atoms with van der Waals surface area (Å²) in [7, 11) is 2.07. The summed E-state index contributed by atoms with van der Waals surface area (Å²) in [5.74, 6) is 0.272. The van der Waals surface area contributed by atoms with E-state index in [0.717, 1.165) is 50.0 Å². The number of piperazine rings is 1. The van der Waals surface area contributed by atoms with Crippen LogP contribution in [0.4, 0.5) is 5.13 Å². The zero-order chi connectivity index (χ0) is 14.8. The summed E-state index contributed by atoms with van der Waals surface area (Å²) in [5, 5.41) is 2.63. The second-order valence-corrected chi connectivity index (χ2v) is 6.47. The van der Waals surface area contributed by atoms with Gasteiger partial charge in [-0.3, -0.25) is 14.5 Å². The minimum absolute atomic E-state index is 0.132. The Kier molecular flexibility index (Phi) is 4.21. The van der Waals surface area contributed by atoms with E-state index in [9.17, 15) is 9.59 Å². The van der Waals surface area contributed by atoms with Crippen LogP contribution >= 0.6 is 11.3 Å². The van der Waals surface area contributed by atoms with Gasteiger partial charge in [-0.25, -0.2) is 4.98 Å². The molecule has 0 aliphatic carbocycles. The number of anilines is 1. The van der Waals surface area contributed by atoms with Crippen LogP contribution in [0.25, 0.3) is 0 Å². The zero-order valence-electron chi connectivity index (χ0n) is 12.2. The van der Waals surface area contributed by atoms with Crippen molar-refractivity contribution in [2.24, 2.45) is 0 Å². The molecular weight excluding hydrogens is 288 g/mol. The van der Waals surface area contributed by atoms with Crippen LogP contribution in [0.3, 0.4) is 0 Å². The highest BCUT2D eigenvalue weighted by molar-refractivity contribution is 7.14. The molecule has 2 aliphatic rings. The molecule has 2 fully saturated rings. The first kappa shape index (κ1) is 14.5. The van der Waals surface area contributed by atoms with Gasteiger partial charge in [0.1, 0.15) is 0 Å². The topological polar surface area (TPSA) is 56.8 Å². The number of hydrogen-bond donors (Lipinski definition) is 0. The third-order valence-electron chi connectivity index (χ3n) is 4.03. The normalized spacial score (nSPS) is 20.3. The molecule has 2 aliphatic heterocycles. The van der Waals surface area contributed by atoms with Crippen LogP contribution in [-0.4, -0.2) is 66.4 Å². The lowest BCUT2D eigenvalue weighted by molar-refractivity contribution is -0.132. The van der Waals surface area contributed by atoms with E-state index in [-0.39, 0.29) is 11.8 Å². The lowest BCUT2D eigenvalue weighted by Crippen LogP contribution is -2.47. The number of carbonyl (C=O) groups excluding carboxylic acids is 2. The van der Waals surface area contributed by atoms with Crippen molar-refractivity contribution in [3.63, 3.8) is 0 Å². The fraction of sp³-hybridized carbons (Fsp3) is 0.643. The molecular formula is C14H20N4O2S. The predicted molar refractivity (Wildman–Crippen MR) is 81.5 cm³/mol. The highest BCUT2D eigenvalue weighted by Gasteiger charge is 2.25. The summed E-state index contributed by atoms with van der Waals surface area (Å²) >= 11 is 1.45. The molecule has 3 rings (SSSR count). The number of hydrogen-bond acceptors (Lipinski definition) is 5. The second-order valence-electron chi connectivity index (χ2n) is 5.63. The van der Waals surface area contributed by atoms with Gasteiger partial charge in [0.05, 0.1) is 12.1 Å². The summed E-state index contributed by atoms with van der Waals surface area (Å²) in [5.41, 5.74) is 0.777. The lowest BCUT2D eigenvalue weighted by atomic mass is 10.2. The molecule has 0 saturated carbocycles. The lowest BCUT2D eigenvalue weighted by Gasteiger charge is -2.32. The van der Waals surface area contributed by atoms with Gasteiger partial charge < -0.3 is 9.80 Å². The molecule has 21 heavy (non-hydrogen) atoms. The second kappa shape index (κ2) is 6.11. The summed E-state index contributed by atoms with van der Waals surface area (Å²) in [6, 6.07) is 0. The first-order valence-electron chi connectivity index (χ1n) is 7.34. The van der Waals surface area contributed by atoms with Gasteiger partial charge >= 0.3 is 0 Å². The minimum Gasteiger partial charge on any atom is -0.340 e. The Bertz CT molecular complexity index is 537. The number of likely N-dealkylation sites (N-methyl/N-ethyl adjacent to an activating group) is 1. The molecule has 6 nitrogen and oxygen atoms in total. The van der Waals surface area contributed by atoms with Gasteiger partial charge in [-0.15, -0.1) is 11.3 Å². The molecule has 0 spiro atoms. The molecule has 1 aromatic heterocycles. The fourth-order valence-electron chi connectivity index (χ4n) is 2.67. The number of aromatic nitrogens is 1. The van der Waals surface area contributed by atoms with E-state index in [1.165, 1.54) is 11.3 Å². The Labute approximate surface area is 128 Å². The average Bonchev–Trinajstić information content (AvgIpc) is 3.08. The molecule has 0 bridgehead atoms. The Morgan fingerprint density at radius 1 is 1.29 bits per heavy atom. The van der Waals surface area contributed by atoms with Crippen LogP contribution in [0.15, 0.2) is 5.38 Å². The molecule has 1 aromatic rings. The van der Waals surface area contributed by atoms with Crippen molar-refractivity contribution >= 4 is 28.3 Å². The minimum atomic E-state index is 0.132. The summed E-state index contributed by atoms with van der Waals surface area (Å²) < 4.78 is 0. The van der Waals surface area contributed by atoms with E-state index in [2.05, 4.69) is 16.9 Å². The van der Waals surface area contributed by atoms with Gasteiger partial charge in [0.25, 0.3) is 0 Å². The van der Waals surface area contributed by atoms with Crippen LogP contribution < -0.4 is 4.90 Å². The van der Waals surface area contributed by atoms with Gasteiger partial charge in [-0.2, -0.15) is 0 Å². The molecule has 0 aromatic carbocycles. The van der Waals surface area contributed by atoms with Crippen LogP contribution in [-0.2, 0) is 16.0 Å². The monoisotopic (exact) mass is 308 g/mol. The Balaban J connectivity index is 1.59. The number of thiazole rings is 1. The Morgan fingerprint density at radius 3 is 2.71 bits per heavy atom. The molecule has 114 valence electrons. The summed E-state index contributed by atoms with van der Waals surface area (Å²) in [6.07, 6.45) is 1.84. The molecule has 3 heterocycles. The average molecular weight is 308 g/mol. The van der Waals surface area contributed by atoms with Crippen LogP contribution in [0.1, 0.15) is 18.5 Å². The van der Waals surface area contributed by atoms with Crippen molar-refractivity contribution in [1.82, 2.24) is 14.8 Å². The SMILES string of the molecule is CN1CCN(C(=O)Cc2csc(N3CCCC3=O)n2)CC1. The van der Waals surface area contributed by atoms with Gasteiger partial charge in [0, 0.05) is 44.5 Å². The van der Waals surface area contributed by atoms with Crippen molar-refractivity contribution in [1.29, 1.82) is 0 Å². The summed E-state index contributed by atoms with van der Waals surface area (Å²) in [4.78, 5) is 34.3. The van der Waals surface area contributed by atoms with E-state index in [1.807, 2.05) is 10.3 Å². The van der Waals surface area contributed by atoms with Crippen molar-refractivity contribution in [2.45, 2.75) is 19.3 Å². The van der Waals surface area contributed by atoms with Crippen molar-refractivity contribution in [3.8, 4) is 0 Å². The third-order valence-corrected chi connectivity index (χ3v) is 4.94. The van der Waals surface area contributed by atoms with Gasteiger partial charge in [0.15, 0.2) is 5.13 Å². The highest BCUT2D eigenvalue weighted by atomic mass is 32.1. The maximum atomic E-state index is 12.3. The van der Waals surface area contributed by atoms with Gasteiger partial charge in [-0.1, -0.05) is 0 Å². The molecule has 0 unspecified atom stereocenters. The molecule has 0 radical (unpaired) electrons. The quantitative estimate of drug-likeness (QED) is 0.820. The van der Waals surface area contributed by atoms with E-state index < -0.39 is 0 Å². The van der Waals surface area contributed by atoms with Crippen molar-refractivity contribution < 1.29 is 9.59 Å². The maximum Gasteiger partial charge on any atom is 0.228 e. The maximum absolute atomic E-state index is 12.3. The van der Waals surface area contributed by atoms with Gasteiger partial charge in [-0.05, 0) is 13.5 Å². The third kappa shape index (κ3) is 3.24. The van der Waals surface area contributed by atoms with Crippen molar-refractivity contribution in [3.05, 3.63) is 11.1 Å². The van der Waals surface area contributed by atoms with Crippen LogP contribution in [0, 0.1) is 0 Å². The molecule has 0 N–H and O–H groups in total. The molecule has 7 heteroatoms. The number of carbonyl (C=O) groups is 2. The fourth-order valence-corrected chi connectivity index (χ4v) is 3.54. The van der Waals surface area contributed by atoms with E-state index >= 15 is 0 Å². The molecule has 2 amide bonds. The molecule has 2 saturated heterocycles. The Hall–Kier alpha value is -1.47. The van der Waals surface area contributed by atoms with E-state index in [1.54, 1.807) is 4.90 Å². The highest BCUT2D eigenvalue weighted by Crippen LogP contribution is 2.25. The van der Waals surface area contributed by atoms with E-state index in [0.29, 0.717) is 12.8 Å². The first-order valence-corrected chi connectivity index (χ1v) is 8.22. The predicted octanol–water partition coefficient (Wildman–Crippen LogP) is 0.586.